The molecule has 3 heteroatoms. The van der Waals surface area contributed by atoms with Crippen molar-refractivity contribution in [1.29, 1.82) is 0 Å². The molecule has 126 valence electrons. The number of rotatable bonds is 3. The highest BCUT2D eigenvalue weighted by Gasteiger charge is 2.25. The normalized spacial score (nSPS) is 29.6. The van der Waals surface area contributed by atoms with Crippen LogP contribution >= 0.6 is 0 Å². The largest absolute Gasteiger partial charge is 0.388 e. The molecule has 1 aromatic carbocycles. The summed E-state index contributed by atoms with van der Waals surface area (Å²) < 4.78 is 0. The first-order chi connectivity index (χ1) is 11.6. The van der Waals surface area contributed by atoms with Gasteiger partial charge >= 0.3 is 0 Å². The minimum atomic E-state index is -0.418. The SMILES string of the molecule is OC1CCC=C1c1cc(C2=CCCC2O)cc(C2=CCCC2O)c1. The summed E-state index contributed by atoms with van der Waals surface area (Å²) in [6.07, 6.45) is 10.1. The van der Waals surface area contributed by atoms with Crippen LogP contribution in [0.4, 0.5) is 0 Å². The van der Waals surface area contributed by atoms with E-state index in [0.29, 0.717) is 0 Å². The van der Waals surface area contributed by atoms with E-state index in [4.69, 9.17) is 0 Å². The number of benzene rings is 1. The molecule has 3 atom stereocenters. The Labute approximate surface area is 142 Å². The minimum Gasteiger partial charge on any atom is -0.388 e. The monoisotopic (exact) mass is 324 g/mol. The highest BCUT2D eigenvalue weighted by Crippen LogP contribution is 2.37. The van der Waals surface area contributed by atoms with Gasteiger partial charge in [0.2, 0.25) is 0 Å². The van der Waals surface area contributed by atoms with E-state index in [1.165, 1.54) is 0 Å². The van der Waals surface area contributed by atoms with E-state index in [1.54, 1.807) is 0 Å². The van der Waals surface area contributed by atoms with Gasteiger partial charge in [-0.1, -0.05) is 18.2 Å². The first-order valence-electron chi connectivity index (χ1n) is 8.94. The van der Waals surface area contributed by atoms with Gasteiger partial charge in [0.1, 0.15) is 0 Å². The summed E-state index contributed by atoms with van der Waals surface area (Å²) in [4.78, 5) is 0. The van der Waals surface area contributed by atoms with E-state index < -0.39 is 18.3 Å². The molecule has 4 rings (SSSR count). The van der Waals surface area contributed by atoms with E-state index in [1.807, 2.05) is 0 Å². The maximum absolute atomic E-state index is 10.3. The molecule has 3 N–H and O–H groups in total. The van der Waals surface area contributed by atoms with Gasteiger partial charge in [-0.15, -0.1) is 0 Å². The van der Waals surface area contributed by atoms with E-state index in [2.05, 4.69) is 36.4 Å². The van der Waals surface area contributed by atoms with Crippen molar-refractivity contribution in [3.05, 3.63) is 53.1 Å². The fraction of sp³-hybridized carbons (Fsp3) is 0.429. The molecule has 3 aliphatic carbocycles. The Morgan fingerprint density at radius 2 is 0.833 bits per heavy atom. The molecular formula is C21H24O3. The number of hydrogen-bond acceptors (Lipinski definition) is 3. The number of aliphatic hydroxyl groups excluding tert-OH is 3. The van der Waals surface area contributed by atoms with Crippen LogP contribution in [0, 0.1) is 0 Å². The van der Waals surface area contributed by atoms with Crippen LogP contribution in [0.5, 0.6) is 0 Å². The van der Waals surface area contributed by atoms with Gasteiger partial charge in [0, 0.05) is 0 Å². The average molecular weight is 324 g/mol. The maximum Gasteiger partial charge on any atom is 0.0795 e. The third-order valence-corrected chi connectivity index (χ3v) is 5.42. The Morgan fingerprint density at radius 1 is 0.542 bits per heavy atom. The Bertz CT molecular complexity index is 629. The lowest BCUT2D eigenvalue weighted by Gasteiger charge is -2.17. The van der Waals surface area contributed by atoms with Crippen LogP contribution in [-0.2, 0) is 0 Å². The Hall–Kier alpha value is -1.68. The maximum atomic E-state index is 10.3. The molecule has 0 heterocycles. The van der Waals surface area contributed by atoms with Crippen molar-refractivity contribution in [2.75, 3.05) is 0 Å². The van der Waals surface area contributed by atoms with Crippen molar-refractivity contribution >= 4 is 16.7 Å². The molecule has 0 amide bonds. The molecule has 0 aromatic heterocycles. The topological polar surface area (TPSA) is 60.7 Å². The molecule has 3 aliphatic rings. The van der Waals surface area contributed by atoms with E-state index in [0.717, 1.165) is 71.9 Å². The van der Waals surface area contributed by atoms with Crippen molar-refractivity contribution in [2.45, 2.75) is 56.8 Å². The van der Waals surface area contributed by atoms with Gasteiger partial charge in [-0.2, -0.15) is 0 Å². The Morgan fingerprint density at radius 3 is 1.04 bits per heavy atom. The van der Waals surface area contributed by atoms with Crippen LogP contribution < -0.4 is 0 Å². The zero-order chi connectivity index (χ0) is 16.7. The van der Waals surface area contributed by atoms with Crippen molar-refractivity contribution in [1.82, 2.24) is 0 Å². The van der Waals surface area contributed by atoms with E-state index in [9.17, 15) is 15.3 Å². The summed E-state index contributed by atoms with van der Waals surface area (Å²) in [5.41, 5.74) is 5.94. The van der Waals surface area contributed by atoms with Gasteiger partial charge < -0.3 is 15.3 Å². The summed E-state index contributed by atoms with van der Waals surface area (Å²) in [5.74, 6) is 0. The zero-order valence-corrected chi connectivity index (χ0v) is 13.8. The quantitative estimate of drug-likeness (QED) is 0.799. The third kappa shape index (κ3) is 2.77. The highest BCUT2D eigenvalue weighted by atomic mass is 16.3. The molecule has 0 spiro atoms. The van der Waals surface area contributed by atoms with Gasteiger partial charge in [-0.25, -0.2) is 0 Å². The van der Waals surface area contributed by atoms with Gasteiger partial charge in [-0.05, 0) is 90.1 Å². The second kappa shape index (κ2) is 6.32. The molecule has 3 unspecified atom stereocenters. The van der Waals surface area contributed by atoms with Gasteiger partial charge in [0.05, 0.1) is 18.3 Å². The molecule has 0 aliphatic heterocycles. The minimum absolute atomic E-state index is 0.418. The summed E-state index contributed by atoms with van der Waals surface area (Å²) in [7, 11) is 0. The molecule has 24 heavy (non-hydrogen) atoms. The predicted molar refractivity (Wildman–Crippen MR) is 96.1 cm³/mol. The highest BCUT2D eigenvalue weighted by molar-refractivity contribution is 5.82. The Kier molecular flexibility index (Phi) is 4.17. The lowest BCUT2D eigenvalue weighted by Crippen LogP contribution is -2.09. The van der Waals surface area contributed by atoms with Crippen molar-refractivity contribution in [2.24, 2.45) is 0 Å². The number of allylic oxidation sites excluding steroid dienone is 3. The second-order valence-electron chi connectivity index (χ2n) is 7.06. The number of aliphatic hydroxyl groups is 3. The molecule has 0 radical (unpaired) electrons. The molecule has 0 saturated carbocycles. The number of hydrogen-bond donors (Lipinski definition) is 3. The van der Waals surface area contributed by atoms with Crippen LogP contribution in [0.25, 0.3) is 16.7 Å². The summed E-state index contributed by atoms with van der Waals surface area (Å²) >= 11 is 0. The van der Waals surface area contributed by atoms with Gasteiger partial charge in [-0.3, -0.25) is 0 Å². The first kappa shape index (κ1) is 15.8. The summed E-state index contributed by atoms with van der Waals surface area (Å²) in [6.45, 7) is 0. The van der Waals surface area contributed by atoms with Gasteiger partial charge in [0.25, 0.3) is 0 Å². The predicted octanol–water partition coefficient (Wildman–Crippen LogP) is 3.30. The third-order valence-electron chi connectivity index (χ3n) is 5.42. The van der Waals surface area contributed by atoms with Crippen molar-refractivity contribution in [3.63, 3.8) is 0 Å². The lowest BCUT2D eigenvalue weighted by atomic mass is 9.91. The van der Waals surface area contributed by atoms with Crippen molar-refractivity contribution in [3.8, 4) is 0 Å². The molecule has 0 saturated heterocycles. The fourth-order valence-corrected chi connectivity index (χ4v) is 4.12. The lowest BCUT2D eigenvalue weighted by molar-refractivity contribution is 0.231. The van der Waals surface area contributed by atoms with Crippen LogP contribution in [0.1, 0.15) is 55.2 Å². The van der Waals surface area contributed by atoms with Crippen LogP contribution in [0.2, 0.25) is 0 Å². The molecule has 3 nitrogen and oxygen atoms in total. The van der Waals surface area contributed by atoms with Crippen LogP contribution in [0.15, 0.2) is 36.4 Å². The summed E-state index contributed by atoms with van der Waals surface area (Å²) in [5, 5.41) is 30.8. The van der Waals surface area contributed by atoms with Crippen LogP contribution in [0.3, 0.4) is 0 Å². The average Bonchev–Trinajstić information content (AvgIpc) is 3.28. The second-order valence-corrected chi connectivity index (χ2v) is 7.06. The zero-order valence-electron chi connectivity index (χ0n) is 13.8. The molecule has 0 fully saturated rings. The van der Waals surface area contributed by atoms with E-state index >= 15 is 0 Å². The van der Waals surface area contributed by atoms with E-state index in [-0.39, 0.29) is 0 Å². The standard InChI is InChI=1S/C21H24O3/c22-19-7-1-4-16(19)13-10-14(17-5-2-8-20(17)23)12-15(11-13)18-6-3-9-21(18)24/h4-6,10-12,19-24H,1-3,7-9H2. The van der Waals surface area contributed by atoms with Gasteiger partial charge in [0.15, 0.2) is 0 Å². The van der Waals surface area contributed by atoms with Crippen LogP contribution in [-0.4, -0.2) is 33.6 Å². The first-order valence-corrected chi connectivity index (χ1v) is 8.94. The summed E-state index contributed by atoms with van der Waals surface area (Å²) in [6, 6.07) is 6.23. The Balaban J connectivity index is 1.82. The molecular weight excluding hydrogens is 300 g/mol. The van der Waals surface area contributed by atoms with Crippen molar-refractivity contribution < 1.29 is 15.3 Å². The molecule has 1 aromatic rings. The fourth-order valence-electron chi connectivity index (χ4n) is 4.12. The molecule has 0 bridgehead atoms. The smallest absolute Gasteiger partial charge is 0.0795 e.